The van der Waals surface area contributed by atoms with Crippen LogP contribution in [0.2, 0.25) is 0 Å². The van der Waals surface area contributed by atoms with Gasteiger partial charge in [-0.25, -0.2) is 9.97 Å². The number of hydrogen-bond donors (Lipinski definition) is 1. The normalized spacial score (nSPS) is 16.9. The molecular formula is C22H27N7S. The third kappa shape index (κ3) is 4.09. The minimum absolute atomic E-state index is 0.291. The molecule has 0 unspecified atom stereocenters. The molecule has 4 rings (SSSR count). The van der Waals surface area contributed by atoms with E-state index in [0.29, 0.717) is 22.1 Å². The molecule has 4 heterocycles. The number of nitriles is 1. The molecule has 30 heavy (non-hydrogen) atoms. The van der Waals surface area contributed by atoms with E-state index in [2.05, 4.69) is 59.7 Å². The summed E-state index contributed by atoms with van der Waals surface area (Å²) >= 11 is 1.33. The van der Waals surface area contributed by atoms with Crippen LogP contribution >= 0.6 is 11.3 Å². The fourth-order valence-electron chi connectivity index (χ4n) is 4.18. The van der Waals surface area contributed by atoms with Gasteiger partial charge in [0.05, 0.1) is 23.6 Å². The molecule has 0 spiro atoms. The van der Waals surface area contributed by atoms with Crippen LogP contribution < -0.4 is 5.32 Å². The molecule has 0 saturated carbocycles. The Balaban J connectivity index is 1.53. The van der Waals surface area contributed by atoms with Gasteiger partial charge in [0.15, 0.2) is 5.13 Å². The molecule has 0 aliphatic carbocycles. The van der Waals surface area contributed by atoms with Crippen LogP contribution in [0.15, 0.2) is 24.4 Å². The van der Waals surface area contributed by atoms with Gasteiger partial charge in [0.25, 0.3) is 0 Å². The van der Waals surface area contributed by atoms with E-state index in [9.17, 15) is 0 Å². The summed E-state index contributed by atoms with van der Waals surface area (Å²) in [6.45, 7) is 10.6. The Morgan fingerprint density at radius 1 is 1.33 bits per heavy atom. The molecule has 1 aliphatic rings. The third-order valence-electron chi connectivity index (χ3n) is 5.65. The summed E-state index contributed by atoms with van der Waals surface area (Å²) in [7, 11) is 0. The summed E-state index contributed by atoms with van der Waals surface area (Å²) in [4.78, 5) is 12.2. The van der Waals surface area contributed by atoms with Gasteiger partial charge in [-0.1, -0.05) is 17.4 Å². The van der Waals surface area contributed by atoms with Gasteiger partial charge in [0, 0.05) is 23.8 Å². The third-order valence-corrected chi connectivity index (χ3v) is 6.47. The first-order valence-electron chi connectivity index (χ1n) is 10.3. The van der Waals surface area contributed by atoms with E-state index in [4.69, 9.17) is 15.3 Å². The van der Waals surface area contributed by atoms with Crippen molar-refractivity contribution in [3.63, 3.8) is 0 Å². The summed E-state index contributed by atoms with van der Waals surface area (Å²) in [5.74, 6) is 0.762. The number of likely N-dealkylation sites (tertiary alicyclic amines) is 1. The van der Waals surface area contributed by atoms with Crippen LogP contribution in [0.5, 0.6) is 0 Å². The molecule has 3 aromatic rings. The zero-order valence-electron chi connectivity index (χ0n) is 17.9. The van der Waals surface area contributed by atoms with Crippen LogP contribution in [0.4, 0.5) is 10.9 Å². The van der Waals surface area contributed by atoms with E-state index < -0.39 is 0 Å². The number of rotatable bonds is 6. The van der Waals surface area contributed by atoms with Crippen molar-refractivity contribution in [1.29, 1.82) is 5.26 Å². The van der Waals surface area contributed by atoms with Crippen molar-refractivity contribution in [3.8, 4) is 6.07 Å². The molecule has 1 saturated heterocycles. The average molecular weight is 422 g/mol. The van der Waals surface area contributed by atoms with Gasteiger partial charge in [-0.2, -0.15) is 10.4 Å². The van der Waals surface area contributed by atoms with Crippen LogP contribution in [0, 0.1) is 25.2 Å². The lowest BCUT2D eigenvalue weighted by Gasteiger charge is -2.24. The lowest BCUT2D eigenvalue weighted by molar-refractivity contribution is 0.243. The molecule has 0 amide bonds. The maximum atomic E-state index is 8.99. The molecule has 1 fully saturated rings. The summed E-state index contributed by atoms with van der Waals surface area (Å²) < 4.78 is 2.13. The standard InChI is InChI=1S/C22H27N7S/c1-14(2)29-16(4)18(15(3)27-29)13-28-10-6-8-20(28)19-7-5-9-21(25-19)26-22-24-12-17(11-23)30-22/h5,7,9,12,14,20H,6,8,10,13H2,1-4H3,(H,24,25,26)/t20-/m0/s1. The minimum atomic E-state index is 0.291. The van der Waals surface area contributed by atoms with Crippen molar-refractivity contribution < 1.29 is 0 Å². The molecule has 0 bridgehead atoms. The van der Waals surface area contributed by atoms with Crippen molar-refractivity contribution in [2.24, 2.45) is 0 Å². The van der Waals surface area contributed by atoms with Crippen LogP contribution in [0.1, 0.15) is 66.3 Å². The molecule has 0 radical (unpaired) electrons. The maximum Gasteiger partial charge on any atom is 0.189 e. The second-order valence-corrected chi connectivity index (χ2v) is 9.06. The maximum absolute atomic E-state index is 8.99. The number of nitrogens with zero attached hydrogens (tertiary/aromatic N) is 6. The zero-order chi connectivity index (χ0) is 21.3. The van der Waals surface area contributed by atoms with E-state index in [1.807, 2.05) is 12.1 Å². The van der Waals surface area contributed by atoms with Gasteiger partial charge >= 0.3 is 0 Å². The van der Waals surface area contributed by atoms with Gasteiger partial charge in [0.1, 0.15) is 16.8 Å². The predicted molar refractivity (Wildman–Crippen MR) is 119 cm³/mol. The number of aromatic nitrogens is 4. The smallest absolute Gasteiger partial charge is 0.189 e. The first-order chi connectivity index (χ1) is 14.5. The molecule has 1 atom stereocenters. The van der Waals surface area contributed by atoms with Crippen molar-refractivity contribution in [3.05, 3.63) is 51.9 Å². The molecule has 1 aliphatic heterocycles. The number of nitrogens with one attached hydrogen (secondary N) is 1. The minimum Gasteiger partial charge on any atom is -0.316 e. The fourth-order valence-corrected chi connectivity index (χ4v) is 4.80. The van der Waals surface area contributed by atoms with Gasteiger partial charge in [-0.05, 0) is 59.2 Å². The summed E-state index contributed by atoms with van der Waals surface area (Å²) in [6.07, 6.45) is 3.85. The molecule has 8 heteroatoms. The Bertz CT molecular complexity index is 1080. The molecule has 156 valence electrons. The second kappa shape index (κ2) is 8.54. The van der Waals surface area contributed by atoms with Gasteiger partial charge < -0.3 is 5.32 Å². The van der Waals surface area contributed by atoms with E-state index in [1.54, 1.807) is 6.20 Å². The van der Waals surface area contributed by atoms with Crippen LogP contribution in [0.25, 0.3) is 0 Å². The second-order valence-electron chi connectivity index (χ2n) is 8.03. The van der Waals surface area contributed by atoms with Crippen molar-refractivity contribution in [2.45, 2.75) is 59.2 Å². The van der Waals surface area contributed by atoms with Crippen molar-refractivity contribution in [2.75, 3.05) is 11.9 Å². The van der Waals surface area contributed by atoms with Crippen LogP contribution in [-0.4, -0.2) is 31.2 Å². The van der Waals surface area contributed by atoms with Crippen LogP contribution in [-0.2, 0) is 6.54 Å². The number of hydrogen-bond acceptors (Lipinski definition) is 7. The molecule has 7 nitrogen and oxygen atoms in total. The summed E-state index contributed by atoms with van der Waals surface area (Å²) in [6, 6.07) is 8.85. The Labute approximate surface area is 181 Å². The number of thiazole rings is 1. The average Bonchev–Trinajstić information content (AvgIpc) is 3.44. The highest BCUT2D eigenvalue weighted by Gasteiger charge is 2.29. The largest absolute Gasteiger partial charge is 0.316 e. The lowest BCUT2D eigenvalue weighted by Crippen LogP contribution is -2.24. The van der Waals surface area contributed by atoms with Crippen LogP contribution in [0.3, 0.4) is 0 Å². The van der Waals surface area contributed by atoms with Gasteiger partial charge in [-0.15, -0.1) is 0 Å². The topological polar surface area (TPSA) is 82.7 Å². The quantitative estimate of drug-likeness (QED) is 0.610. The molecule has 0 aromatic carbocycles. The number of anilines is 2. The first kappa shape index (κ1) is 20.5. The highest BCUT2D eigenvalue weighted by molar-refractivity contribution is 7.16. The van der Waals surface area contributed by atoms with E-state index >= 15 is 0 Å². The highest BCUT2D eigenvalue weighted by Crippen LogP contribution is 2.34. The Morgan fingerprint density at radius 2 is 2.17 bits per heavy atom. The zero-order valence-corrected chi connectivity index (χ0v) is 18.7. The van der Waals surface area contributed by atoms with E-state index in [1.165, 1.54) is 29.0 Å². The van der Waals surface area contributed by atoms with Crippen molar-refractivity contribution >= 4 is 22.3 Å². The Kier molecular flexibility index (Phi) is 5.84. The van der Waals surface area contributed by atoms with E-state index in [0.717, 1.165) is 36.7 Å². The summed E-state index contributed by atoms with van der Waals surface area (Å²) in [5, 5.41) is 17.7. The fraction of sp³-hybridized carbons (Fsp3) is 0.455. The number of aryl methyl sites for hydroxylation is 1. The Morgan fingerprint density at radius 3 is 2.87 bits per heavy atom. The van der Waals surface area contributed by atoms with Crippen molar-refractivity contribution in [1.82, 2.24) is 24.6 Å². The Hall–Kier alpha value is -2.76. The first-order valence-corrected chi connectivity index (χ1v) is 11.2. The monoisotopic (exact) mass is 421 g/mol. The van der Waals surface area contributed by atoms with Gasteiger partial charge in [0.2, 0.25) is 0 Å². The number of pyridine rings is 1. The lowest BCUT2D eigenvalue weighted by atomic mass is 10.1. The predicted octanol–water partition coefficient (Wildman–Crippen LogP) is 4.88. The van der Waals surface area contributed by atoms with E-state index in [-0.39, 0.29) is 0 Å². The van der Waals surface area contributed by atoms with Gasteiger partial charge in [-0.3, -0.25) is 9.58 Å². The SMILES string of the molecule is Cc1nn(C(C)C)c(C)c1CN1CCC[C@H]1c1cccc(Nc2ncc(C#N)s2)n1. The molecule has 3 aromatic heterocycles. The molecule has 1 N–H and O–H groups in total. The highest BCUT2D eigenvalue weighted by atomic mass is 32.1. The summed E-state index contributed by atoms with van der Waals surface area (Å²) in [5.41, 5.74) is 4.78. The molecular weight excluding hydrogens is 394 g/mol.